The summed E-state index contributed by atoms with van der Waals surface area (Å²) in [6, 6.07) is 3.80. The van der Waals surface area contributed by atoms with Crippen LogP contribution in [-0.2, 0) is 9.84 Å². The van der Waals surface area contributed by atoms with Crippen LogP contribution >= 0.6 is 0 Å². The van der Waals surface area contributed by atoms with E-state index in [0.29, 0.717) is 5.56 Å². The molecule has 0 radical (unpaired) electrons. The van der Waals surface area contributed by atoms with Crippen LogP contribution in [0, 0.1) is 6.92 Å². The lowest BCUT2D eigenvalue weighted by molar-refractivity contribution is 0.411. The Labute approximate surface area is 105 Å². The third-order valence-electron chi connectivity index (χ3n) is 1.84. The normalized spacial score (nSPS) is 21.2. The van der Waals surface area contributed by atoms with Crippen LogP contribution in [0.5, 0.6) is 5.75 Å². The molecule has 16 heavy (non-hydrogen) atoms. The molecule has 0 aliphatic carbocycles. The molecule has 88 valence electrons. The van der Waals surface area contributed by atoms with Crippen molar-refractivity contribution in [1.82, 2.24) is 0 Å². The Hall–Kier alpha value is -1.49. The second-order valence-electron chi connectivity index (χ2n) is 3.10. The Kier molecular flexibility index (Phi) is 1.63. The number of hydrogen-bond acceptors (Lipinski definition) is 4. The predicted octanol–water partition coefficient (Wildman–Crippen LogP) is 1.31. The summed E-state index contributed by atoms with van der Waals surface area (Å²) in [5.41, 5.74) is 5.43. The van der Waals surface area contributed by atoms with Crippen molar-refractivity contribution in [2.45, 2.75) is 6.92 Å². The molecule has 0 aromatic heterocycles. The summed E-state index contributed by atoms with van der Waals surface area (Å²) in [5, 5.41) is -1.22. The van der Waals surface area contributed by atoms with E-state index in [1.165, 1.54) is 25.1 Å². The number of hydrogen-bond donors (Lipinski definition) is 1. The molecule has 1 aromatic rings. The van der Waals surface area contributed by atoms with E-state index in [9.17, 15) is 8.42 Å². The van der Waals surface area contributed by atoms with E-state index >= 15 is 0 Å². The second kappa shape index (κ2) is 4.57. The summed E-state index contributed by atoms with van der Waals surface area (Å²) in [6.45, 7) is 1.50. The van der Waals surface area contributed by atoms with Crippen LogP contribution in [0.25, 0.3) is 5.70 Å². The van der Waals surface area contributed by atoms with Crippen molar-refractivity contribution in [3.63, 3.8) is 0 Å². The van der Waals surface area contributed by atoms with Gasteiger partial charge in [0.05, 0.1) is 23.6 Å². The number of benzene rings is 1. The van der Waals surface area contributed by atoms with Crippen molar-refractivity contribution in [2.24, 2.45) is 5.73 Å². The summed E-state index contributed by atoms with van der Waals surface area (Å²) in [7, 11) is -7.53. The quantitative estimate of drug-likeness (QED) is 0.875. The number of aryl methyl sites for hydroxylation is 1. The fraction of sp³-hybridized carbons (Fsp3) is 0.273. The molecule has 0 unspecified atom stereocenters. The highest BCUT2D eigenvalue weighted by Crippen LogP contribution is 2.21. The highest BCUT2D eigenvalue weighted by Gasteiger charge is 2.04. The molecule has 5 heteroatoms. The predicted molar refractivity (Wildman–Crippen MR) is 64.7 cm³/mol. The molecule has 2 N–H and O–H groups in total. The summed E-state index contributed by atoms with van der Waals surface area (Å²) in [6.07, 6.45) is -3.39. The highest BCUT2D eigenvalue weighted by molar-refractivity contribution is 7.93. The fourth-order valence-corrected chi connectivity index (χ4v) is 1.54. The number of methoxy groups -OCH3 is 1. The SMILES string of the molecule is [2H]/C(=C(/N)c1ccc(OC([2H])([2H])[2H])c(C)c1)S(=O)(=O)C([2H])([2H])[2H]. The summed E-state index contributed by atoms with van der Waals surface area (Å²) in [5.74, 6) is 0.0340. The van der Waals surface area contributed by atoms with Crippen molar-refractivity contribution < 1.29 is 22.7 Å². The van der Waals surface area contributed by atoms with Gasteiger partial charge in [-0.15, -0.1) is 0 Å². The third kappa shape index (κ3) is 3.27. The minimum Gasteiger partial charge on any atom is -0.496 e. The minimum atomic E-state index is -4.88. The van der Waals surface area contributed by atoms with Gasteiger partial charge in [0.15, 0.2) is 9.84 Å². The van der Waals surface area contributed by atoms with E-state index in [2.05, 4.69) is 0 Å². The average molecular weight is 248 g/mol. The van der Waals surface area contributed by atoms with Crippen molar-refractivity contribution in [3.05, 3.63) is 34.7 Å². The van der Waals surface area contributed by atoms with Crippen molar-refractivity contribution >= 4 is 15.5 Å². The third-order valence-corrected chi connectivity index (χ3v) is 2.33. The average Bonchev–Trinajstić information content (AvgIpc) is 2.36. The Morgan fingerprint density at radius 1 is 1.62 bits per heavy atom. The number of ether oxygens (including phenoxy) is 1. The van der Waals surface area contributed by atoms with Crippen LogP contribution in [0.4, 0.5) is 0 Å². The van der Waals surface area contributed by atoms with E-state index in [1.54, 1.807) is 0 Å². The first kappa shape index (κ1) is 5.72. The summed E-state index contributed by atoms with van der Waals surface area (Å²) >= 11 is 0. The Bertz CT molecular complexity index is 735. The molecule has 1 rings (SSSR count). The van der Waals surface area contributed by atoms with Gasteiger partial charge in [0.1, 0.15) is 5.75 Å². The van der Waals surface area contributed by atoms with Crippen LogP contribution in [-0.4, -0.2) is 21.6 Å². The molecule has 4 nitrogen and oxygen atoms in total. The highest BCUT2D eigenvalue weighted by atomic mass is 32.2. The lowest BCUT2D eigenvalue weighted by Gasteiger charge is -2.07. The summed E-state index contributed by atoms with van der Waals surface area (Å²) < 4.78 is 77.6. The Morgan fingerprint density at radius 2 is 2.38 bits per heavy atom. The Balaban J connectivity index is 3.32. The smallest absolute Gasteiger partial charge is 0.170 e. The molecular formula is C11H15NO3S. The maximum absolute atomic E-state index is 11.7. The molecule has 0 atom stereocenters. The molecule has 0 bridgehead atoms. The number of sulfone groups is 1. The standard InChI is InChI=1S/C11H15NO3S/c1-8-6-9(4-5-11(8)15-2)10(12)7-16(3,13)14/h4-7H,12H2,1-3H3/b10-7-/i2D3,3D3,7D. The first-order valence-corrected chi connectivity index (χ1v) is 5.66. The van der Waals surface area contributed by atoms with Gasteiger partial charge in [0.2, 0.25) is 0 Å². The van der Waals surface area contributed by atoms with Gasteiger partial charge in [-0.05, 0) is 36.2 Å². The summed E-state index contributed by atoms with van der Waals surface area (Å²) in [4.78, 5) is 0. The lowest BCUT2D eigenvalue weighted by Crippen LogP contribution is -2.01. The van der Waals surface area contributed by atoms with E-state index in [1.807, 2.05) is 0 Å². The molecule has 0 spiro atoms. The number of nitrogens with two attached hydrogens (primary N) is 1. The van der Waals surface area contributed by atoms with Gasteiger partial charge in [-0.2, -0.15) is 0 Å². The molecule has 1 aromatic carbocycles. The molecule has 0 saturated carbocycles. The maximum atomic E-state index is 11.7. The van der Waals surface area contributed by atoms with E-state index in [4.69, 9.17) is 20.1 Å². The van der Waals surface area contributed by atoms with Gasteiger partial charge < -0.3 is 10.5 Å². The topological polar surface area (TPSA) is 69.4 Å². The van der Waals surface area contributed by atoms with Gasteiger partial charge >= 0.3 is 0 Å². The maximum Gasteiger partial charge on any atom is 0.170 e. The van der Waals surface area contributed by atoms with Gasteiger partial charge in [0, 0.05) is 10.3 Å². The van der Waals surface area contributed by atoms with Crippen LogP contribution in [0.1, 0.15) is 20.7 Å². The van der Waals surface area contributed by atoms with Crippen LogP contribution in [0.15, 0.2) is 23.6 Å². The van der Waals surface area contributed by atoms with E-state index in [-0.39, 0.29) is 11.3 Å². The Morgan fingerprint density at radius 3 is 2.94 bits per heavy atom. The zero-order valence-corrected chi connectivity index (χ0v) is 9.26. The molecule has 0 saturated heterocycles. The molecule has 0 aliphatic rings. The first-order valence-electron chi connectivity index (χ1n) is 7.68. The largest absolute Gasteiger partial charge is 0.496 e. The van der Waals surface area contributed by atoms with Gasteiger partial charge in [0.25, 0.3) is 0 Å². The van der Waals surface area contributed by atoms with Crippen molar-refractivity contribution in [1.29, 1.82) is 0 Å². The molecule has 0 heterocycles. The minimum absolute atomic E-state index is 0.0340. The van der Waals surface area contributed by atoms with Gasteiger partial charge in [-0.1, -0.05) is 0 Å². The van der Waals surface area contributed by atoms with Crippen LogP contribution < -0.4 is 10.5 Å². The van der Waals surface area contributed by atoms with Crippen LogP contribution in [0.3, 0.4) is 0 Å². The lowest BCUT2D eigenvalue weighted by atomic mass is 10.1. The van der Waals surface area contributed by atoms with Crippen LogP contribution in [0.2, 0.25) is 0 Å². The monoisotopic (exact) mass is 248 g/mol. The molecular weight excluding hydrogens is 226 g/mol. The molecule has 0 aliphatic heterocycles. The zero-order valence-electron chi connectivity index (χ0n) is 15.4. The first-order chi connectivity index (χ1) is 10.2. The van der Waals surface area contributed by atoms with E-state index < -0.39 is 34.1 Å². The van der Waals surface area contributed by atoms with E-state index in [0.717, 1.165) is 0 Å². The van der Waals surface area contributed by atoms with Gasteiger partial charge in [-0.3, -0.25) is 0 Å². The van der Waals surface area contributed by atoms with Crippen molar-refractivity contribution in [3.8, 4) is 5.75 Å². The number of rotatable bonds is 3. The zero-order chi connectivity index (χ0) is 18.2. The van der Waals surface area contributed by atoms with Crippen molar-refractivity contribution in [2.75, 3.05) is 13.2 Å². The van der Waals surface area contributed by atoms with Gasteiger partial charge in [-0.25, -0.2) is 8.42 Å². The molecule has 0 amide bonds. The molecule has 0 fully saturated rings. The fourth-order valence-electron chi connectivity index (χ4n) is 1.14. The second-order valence-corrected chi connectivity index (χ2v) is 4.31.